The van der Waals surface area contributed by atoms with Gasteiger partial charge in [0.2, 0.25) is 5.91 Å². The summed E-state index contributed by atoms with van der Waals surface area (Å²) < 4.78 is 10.5. The van der Waals surface area contributed by atoms with Gasteiger partial charge >= 0.3 is 0 Å². The highest BCUT2D eigenvalue weighted by Gasteiger charge is 2.22. The molecule has 1 heterocycles. The molecule has 28 heavy (non-hydrogen) atoms. The summed E-state index contributed by atoms with van der Waals surface area (Å²) >= 11 is 1.40. The van der Waals surface area contributed by atoms with Crippen molar-refractivity contribution >= 4 is 28.3 Å². The van der Waals surface area contributed by atoms with E-state index in [2.05, 4.69) is 17.2 Å². The van der Waals surface area contributed by atoms with Crippen molar-refractivity contribution in [3.8, 4) is 11.5 Å². The van der Waals surface area contributed by atoms with E-state index in [1.165, 1.54) is 18.4 Å². The summed E-state index contributed by atoms with van der Waals surface area (Å²) in [6, 6.07) is 5.03. The normalized spacial score (nSPS) is 10.4. The number of ether oxygens (including phenoxy) is 2. The number of hydrogen-bond donors (Lipinski definition) is 1. The van der Waals surface area contributed by atoms with Crippen molar-refractivity contribution in [1.82, 2.24) is 9.88 Å². The Bertz CT molecular complexity index is 806. The lowest BCUT2D eigenvalue weighted by molar-refractivity contribution is -0.116. The highest BCUT2D eigenvalue weighted by molar-refractivity contribution is 7.15. The Kier molecular flexibility index (Phi) is 8.25. The lowest BCUT2D eigenvalue weighted by Gasteiger charge is -2.23. The maximum atomic E-state index is 13.1. The van der Waals surface area contributed by atoms with Crippen molar-refractivity contribution in [2.24, 2.45) is 0 Å². The quantitative estimate of drug-likeness (QED) is 0.609. The third kappa shape index (κ3) is 5.95. The van der Waals surface area contributed by atoms with Crippen LogP contribution in [0.15, 0.2) is 24.4 Å². The van der Waals surface area contributed by atoms with E-state index < -0.39 is 0 Å². The van der Waals surface area contributed by atoms with Gasteiger partial charge in [-0.3, -0.25) is 9.59 Å². The predicted molar refractivity (Wildman–Crippen MR) is 110 cm³/mol. The Morgan fingerprint density at radius 1 is 1.21 bits per heavy atom. The molecule has 0 aliphatic carbocycles. The van der Waals surface area contributed by atoms with Gasteiger partial charge in [-0.05, 0) is 25.5 Å². The van der Waals surface area contributed by atoms with Gasteiger partial charge in [0.25, 0.3) is 5.91 Å². The highest BCUT2D eigenvalue weighted by atomic mass is 32.1. The first-order valence-electron chi connectivity index (χ1n) is 9.22. The van der Waals surface area contributed by atoms with E-state index in [0.717, 1.165) is 24.1 Å². The maximum absolute atomic E-state index is 13.1. The van der Waals surface area contributed by atoms with Crippen LogP contribution in [0.25, 0.3) is 0 Å². The summed E-state index contributed by atoms with van der Waals surface area (Å²) in [4.78, 5) is 32.3. The minimum absolute atomic E-state index is 0.0453. The monoisotopic (exact) mass is 405 g/mol. The second kappa shape index (κ2) is 10.7. The molecule has 0 fully saturated rings. The van der Waals surface area contributed by atoms with Gasteiger partial charge in [-0.2, -0.15) is 0 Å². The van der Waals surface area contributed by atoms with E-state index in [9.17, 15) is 9.59 Å². The standard InChI is InChI=1S/C20H27N3O4S/c1-5-6-7-10-23(13-18(24)22-20-21-12-14(2)28-20)19(25)16-9-8-15(26-3)11-17(16)27-4/h8-9,11-12H,5-7,10,13H2,1-4H3,(H,21,22,24). The number of aromatic nitrogens is 1. The molecule has 8 heteroatoms. The van der Waals surface area contributed by atoms with Crippen LogP contribution in [-0.2, 0) is 4.79 Å². The van der Waals surface area contributed by atoms with Crippen LogP contribution in [0.2, 0.25) is 0 Å². The van der Waals surface area contributed by atoms with E-state index in [1.54, 1.807) is 36.4 Å². The summed E-state index contributed by atoms with van der Waals surface area (Å²) in [7, 11) is 3.06. The fraction of sp³-hybridized carbons (Fsp3) is 0.450. The molecule has 1 aromatic carbocycles. The second-order valence-corrected chi connectivity index (χ2v) is 7.56. The zero-order valence-corrected chi connectivity index (χ0v) is 17.6. The number of hydrogen-bond acceptors (Lipinski definition) is 6. The van der Waals surface area contributed by atoms with Crippen LogP contribution in [0.3, 0.4) is 0 Å². The van der Waals surface area contributed by atoms with Crippen molar-refractivity contribution in [2.45, 2.75) is 33.1 Å². The molecule has 2 amide bonds. The van der Waals surface area contributed by atoms with Crippen LogP contribution >= 0.6 is 11.3 Å². The molecule has 2 rings (SSSR count). The summed E-state index contributed by atoms with van der Waals surface area (Å²) in [6.45, 7) is 4.46. The number of carbonyl (C=O) groups is 2. The average Bonchev–Trinajstić information content (AvgIpc) is 3.10. The predicted octanol–water partition coefficient (Wildman–Crippen LogP) is 3.74. The third-order valence-electron chi connectivity index (χ3n) is 4.16. The topological polar surface area (TPSA) is 80.8 Å². The summed E-state index contributed by atoms with van der Waals surface area (Å²) in [5.41, 5.74) is 0.401. The molecule has 7 nitrogen and oxygen atoms in total. The lowest BCUT2D eigenvalue weighted by Crippen LogP contribution is -2.38. The molecule has 0 bridgehead atoms. The smallest absolute Gasteiger partial charge is 0.258 e. The molecule has 1 N–H and O–H groups in total. The molecule has 0 aliphatic rings. The number of nitrogens with one attached hydrogen (secondary N) is 1. The number of thiazole rings is 1. The van der Waals surface area contributed by atoms with E-state index in [4.69, 9.17) is 9.47 Å². The average molecular weight is 406 g/mol. The van der Waals surface area contributed by atoms with Gasteiger partial charge in [0.15, 0.2) is 5.13 Å². The van der Waals surface area contributed by atoms with Crippen LogP contribution in [0.4, 0.5) is 5.13 Å². The van der Waals surface area contributed by atoms with Crippen molar-refractivity contribution in [2.75, 3.05) is 32.6 Å². The van der Waals surface area contributed by atoms with Gasteiger partial charge in [0, 0.05) is 23.7 Å². The van der Waals surface area contributed by atoms with Crippen molar-refractivity contribution < 1.29 is 19.1 Å². The van der Waals surface area contributed by atoms with Gasteiger partial charge < -0.3 is 19.7 Å². The summed E-state index contributed by atoms with van der Waals surface area (Å²) in [5.74, 6) is 0.497. The molecule has 0 spiro atoms. The van der Waals surface area contributed by atoms with Crippen LogP contribution in [0, 0.1) is 6.92 Å². The fourth-order valence-electron chi connectivity index (χ4n) is 2.70. The maximum Gasteiger partial charge on any atom is 0.258 e. The molecule has 0 unspecified atom stereocenters. The summed E-state index contributed by atoms with van der Waals surface area (Å²) in [6.07, 6.45) is 4.53. The largest absolute Gasteiger partial charge is 0.497 e. The molecule has 0 saturated heterocycles. The van der Waals surface area contributed by atoms with Crippen LogP contribution in [-0.4, -0.2) is 49.0 Å². The van der Waals surface area contributed by atoms with Gasteiger partial charge in [-0.1, -0.05) is 19.8 Å². The molecule has 0 saturated carbocycles. The van der Waals surface area contributed by atoms with E-state index >= 15 is 0 Å². The number of methoxy groups -OCH3 is 2. The molecular formula is C20H27N3O4S. The lowest BCUT2D eigenvalue weighted by atomic mass is 10.1. The Hall–Kier alpha value is -2.61. The van der Waals surface area contributed by atoms with E-state index in [1.807, 2.05) is 6.92 Å². The zero-order valence-electron chi connectivity index (χ0n) is 16.8. The van der Waals surface area contributed by atoms with E-state index in [0.29, 0.717) is 28.7 Å². The van der Waals surface area contributed by atoms with Crippen LogP contribution in [0.5, 0.6) is 11.5 Å². The van der Waals surface area contributed by atoms with Gasteiger partial charge in [-0.15, -0.1) is 11.3 Å². The van der Waals surface area contributed by atoms with Crippen LogP contribution in [0.1, 0.15) is 41.4 Å². The number of aryl methyl sites for hydroxylation is 1. The van der Waals surface area contributed by atoms with Gasteiger partial charge in [0.1, 0.15) is 18.0 Å². The van der Waals surface area contributed by atoms with Crippen molar-refractivity contribution in [3.05, 3.63) is 34.8 Å². The Morgan fingerprint density at radius 2 is 2.00 bits per heavy atom. The minimum atomic E-state index is -0.272. The first kappa shape index (κ1) is 21.7. The number of benzene rings is 1. The molecule has 0 radical (unpaired) electrons. The Balaban J connectivity index is 2.16. The molecule has 0 aliphatic heterocycles. The van der Waals surface area contributed by atoms with Gasteiger partial charge in [-0.25, -0.2) is 4.98 Å². The first-order chi connectivity index (χ1) is 13.5. The molecule has 1 aromatic heterocycles. The molecule has 152 valence electrons. The van der Waals surface area contributed by atoms with Crippen LogP contribution < -0.4 is 14.8 Å². The molecular weight excluding hydrogens is 378 g/mol. The second-order valence-electron chi connectivity index (χ2n) is 6.32. The SMILES string of the molecule is CCCCCN(CC(=O)Nc1ncc(C)s1)C(=O)c1ccc(OC)cc1OC. The Labute approximate surface area is 169 Å². The highest BCUT2D eigenvalue weighted by Crippen LogP contribution is 2.26. The van der Waals surface area contributed by atoms with E-state index in [-0.39, 0.29) is 18.4 Å². The number of nitrogens with zero attached hydrogens (tertiary/aromatic N) is 2. The van der Waals surface area contributed by atoms with Crippen molar-refractivity contribution in [3.63, 3.8) is 0 Å². The number of anilines is 1. The zero-order chi connectivity index (χ0) is 20.5. The van der Waals surface area contributed by atoms with Crippen molar-refractivity contribution in [1.29, 1.82) is 0 Å². The fourth-order valence-corrected chi connectivity index (χ4v) is 3.38. The first-order valence-corrected chi connectivity index (χ1v) is 10.0. The molecule has 2 aromatic rings. The third-order valence-corrected chi connectivity index (χ3v) is 4.99. The summed E-state index contributed by atoms with van der Waals surface area (Å²) in [5, 5.41) is 3.29. The molecule has 0 atom stereocenters. The number of unbranched alkanes of at least 4 members (excludes halogenated alkanes) is 2. The number of rotatable bonds is 10. The Morgan fingerprint density at radius 3 is 2.61 bits per heavy atom. The number of carbonyl (C=O) groups excluding carboxylic acids is 2. The van der Waals surface area contributed by atoms with Gasteiger partial charge in [0.05, 0.1) is 19.8 Å². The number of amides is 2. The minimum Gasteiger partial charge on any atom is -0.497 e.